The Kier molecular flexibility index (Phi) is 3.87. The molecule has 0 saturated carbocycles. The summed E-state index contributed by atoms with van der Waals surface area (Å²) in [5.74, 6) is 0.637. The molecule has 0 atom stereocenters. The minimum atomic E-state index is 0.637. The smallest absolute Gasteiger partial charge is 0.204 e. The van der Waals surface area contributed by atoms with Crippen LogP contribution in [0, 0.1) is 6.92 Å². The zero-order chi connectivity index (χ0) is 15.4. The van der Waals surface area contributed by atoms with E-state index in [1.165, 1.54) is 0 Å². The van der Waals surface area contributed by atoms with Gasteiger partial charge in [-0.1, -0.05) is 6.07 Å². The number of aryl methyl sites for hydroxylation is 1. The fourth-order valence-corrected chi connectivity index (χ4v) is 2.11. The van der Waals surface area contributed by atoms with E-state index >= 15 is 0 Å². The number of pyridine rings is 1. The van der Waals surface area contributed by atoms with E-state index in [9.17, 15) is 0 Å². The molecule has 5 heteroatoms. The largest absolute Gasteiger partial charge is 0.399 e. The lowest BCUT2D eigenvalue weighted by Gasteiger charge is -2.15. The molecule has 0 aliphatic carbocycles. The van der Waals surface area contributed by atoms with Crippen molar-refractivity contribution in [2.75, 3.05) is 11.1 Å². The van der Waals surface area contributed by atoms with Crippen LogP contribution in [0.5, 0.6) is 0 Å². The number of aliphatic imine (C=N–C) groups is 1. The Morgan fingerprint density at radius 2 is 2.14 bits per heavy atom. The van der Waals surface area contributed by atoms with Crippen LogP contribution in [0.15, 0.2) is 66.1 Å². The Morgan fingerprint density at radius 3 is 2.95 bits per heavy atom. The van der Waals surface area contributed by atoms with Gasteiger partial charge in [-0.25, -0.2) is 4.99 Å². The van der Waals surface area contributed by atoms with E-state index < -0.39 is 0 Å². The highest BCUT2D eigenvalue weighted by Crippen LogP contribution is 2.19. The van der Waals surface area contributed by atoms with E-state index in [4.69, 9.17) is 5.73 Å². The summed E-state index contributed by atoms with van der Waals surface area (Å²) < 4.78 is 0. The highest BCUT2D eigenvalue weighted by molar-refractivity contribution is 6.00. The second-order valence-corrected chi connectivity index (χ2v) is 4.97. The number of hydrogen-bond donors (Lipinski definition) is 3. The van der Waals surface area contributed by atoms with E-state index in [0.29, 0.717) is 11.6 Å². The van der Waals surface area contributed by atoms with Gasteiger partial charge in [0.15, 0.2) is 0 Å². The van der Waals surface area contributed by atoms with Gasteiger partial charge in [0, 0.05) is 41.2 Å². The molecule has 0 spiro atoms. The molecule has 3 rings (SSSR count). The van der Waals surface area contributed by atoms with Gasteiger partial charge >= 0.3 is 0 Å². The first-order valence-corrected chi connectivity index (χ1v) is 6.97. The van der Waals surface area contributed by atoms with Crippen molar-refractivity contribution < 1.29 is 0 Å². The minimum Gasteiger partial charge on any atom is -0.399 e. The summed E-state index contributed by atoms with van der Waals surface area (Å²) in [6, 6.07) is 9.64. The molecule has 2 aromatic rings. The van der Waals surface area contributed by atoms with Crippen LogP contribution >= 0.6 is 0 Å². The fourth-order valence-electron chi connectivity index (χ4n) is 2.11. The molecule has 0 amide bonds. The van der Waals surface area contributed by atoms with Gasteiger partial charge in [0.1, 0.15) is 0 Å². The van der Waals surface area contributed by atoms with Gasteiger partial charge in [0.25, 0.3) is 0 Å². The van der Waals surface area contributed by atoms with Crippen LogP contribution in [0.25, 0.3) is 5.70 Å². The van der Waals surface area contributed by atoms with Crippen molar-refractivity contribution in [1.29, 1.82) is 0 Å². The van der Waals surface area contributed by atoms with Crippen molar-refractivity contribution in [3.05, 3.63) is 72.2 Å². The molecule has 22 heavy (non-hydrogen) atoms. The SMILES string of the molecule is Cc1ccc(N)cc1NC1=NC=CC=C(c2cccnc2)N1. The quantitative estimate of drug-likeness (QED) is 0.744. The molecule has 4 N–H and O–H groups in total. The highest BCUT2D eigenvalue weighted by atomic mass is 15.2. The molecule has 0 saturated heterocycles. The second kappa shape index (κ2) is 6.13. The molecule has 1 aliphatic rings. The van der Waals surface area contributed by atoms with Crippen molar-refractivity contribution >= 4 is 23.0 Å². The van der Waals surface area contributed by atoms with E-state index in [1.807, 2.05) is 49.4 Å². The number of guanidine groups is 1. The molecule has 110 valence electrons. The van der Waals surface area contributed by atoms with Crippen LogP contribution in [0.4, 0.5) is 11.4 Å². The fraction of sp³-hybridized carbons (Fsp3) is 0.0588. The normalized spacial score (nSPS) is 13.7. The maximum atomic E-state index is 5.85. The lowest BCUT2D eigenvalue weighted by atomic mass is 10.2. The first-order valence-electron chi connectivity index (χ1n) is 6.97. The lowest BCUT2D eigenvalue weighted by molar-refractivity contribution is 1.23. The Morgan fingerprint density at radius 1 is 1.23 bits per heavy atom. The maximum absolute atomic E-state index is 5.85. The zero-order valence-corrected chi connectivity index (χ0v) is 12.2. The summed E-state index contributed by atoms with van der Waals surface area (Å²) in [4.78, 5) is 8.51. The molecule has 5 nitrogen and oxygen atoms in total. The monoisotopic (exact) mass is 291 g/mol. The third-order valence-corrected chi connectivity index (χ3v) is 3.29. The standard InChI is InChI=1S/C17H17N5/c1-12-6-7-14(18)10-16(12)22-17-20-9-3-5-15(21-17)13-4-2-8-19-11-13/h2-11H,18H2,1H3,(H2,20,21,22). The summed E-state index contributed by atoms with van der Waals surface area (Å²) in [6.45, 7) is 2.02. The third-order valence-electron chi connectivity index (χ3n) is 3.29. The number of aromatic nitrogens is 1. The number of rotatable bonds is 2. The molecule has 0 fully saturated rings. The average Bonchev–Trinajstić information content (AvgIpc) is 2.77. The van der Waals surface area contributed by atoms with Crippen molar-refractivity contribution in [2.45, 2.75) is 6.92 Å². The molecule has 1 aromatic heterocycles. The Balaban J connectivity index is 1.83. The van der Waals surface area contributed by atoms with Gasteiger partial charge in [0.05, 0.1) is 0 Å². The van der Waals surface area contributed by atoms with E-state index in [-0.39, 0.29) is 0 Å². The molecular weight excluding hydrogens is 274 g/mol. The topological polar surface area (TPSA) is 75.3 Å². The molecule has 1 aliphatic heterocycles. The molecule has 2 heterocycles. The maximum Gasteiger partial charge on any atom is 0.204 e. The number of anilines is 2. The van der Waals surface area contributed by atoms with Crippen LogP contribution < -0.4 is 16.4 Å². The van der Waals surface area contributed by atoms with Crippen LogP contribution in [0.3, 0.4) is 0 Å². The van der Waals surface area contributed by atoms with Gasteiger partial charge in [-0.15, -0.1) is 0 Å². The Bertz CT molecular complexity index is 760. The molecular formula is C17H17N5. The first kappa shape index (κ1) is 13.9. The van der Waals surface area contributed by atoms with E-state index in [1.54, 1.807) is 18.6 Å². The van der Waals surface area contributed by atoms with E-state index in [2.05, 4.69) is 20.6 Å². The number of nitrogen functional groups attached to an aromatic ring is 1. The van der Waals surface area contributed by atoms with Crippen LogP contribution in [0.1, 0.15) is 11.1 Å². The number of nitrogens with one attached hydrogen (secondary N) is 2. The molecule has 0 unspecified atom stereocenters. The minimum absolute atomic E-state index is 0.637. The second-order valence-electron chi connectivity index (χ2n) is 4.97. The predicted octanol–water partition coefficient (Wildman–Crippen LogP) is 2.90. The number of allylic oxidation sites excluding steroid dienone is 2. The molecule has 0 radical (unpaired) electrons. The van der Waals surface area contributed by atoms with Crippen LogP contribution in [-0.2, 0) is 0 Å². The van der Waals surface area contributed by atoms with Crippen LogP contribution in [0.2, 0.25) is 0 Å². The first-order chi connectivity index (χ1) is 10.7. The predicted molar refractivity (Wildman–Crippen MR) is 91.1 cm³/mol. The van der Waals surface area contributed by atoms with Crippen LogP contribution in [-0.4, -0.2) is 10.9 Å². The third kappa shape index (κ3) is 3.15. The van der Waals surface area contributed by atoms with Gasteiger partial charge in [0.2, 0.25) is 5.96 Å². The summed E-state index contributed by atoms with van der Waals surface area (Å²) in [6.07, 6.45) is 9.14. The van der Waals surface area contributed by atoms with Gasteiger partial charge < -0.3 is 16.4 Å². The summed E-state index contributed by atoms with van der Waals surface area (Å²) in [5, 5.41) is 6.56. The number of benzene rings is 1. The van der Waals surface area contributed by atoms with Crippen molar-refractivity contribution in [2.24, 2.45) is 4.99 Å². The van der Waals surface area contributed by atoms with Crippen molar-refractivity contribution in [1.82, 2.24) is 10.3 Å². The Hall–Kier alpha value is -3.08. The lowest BCUT2D eigenvalue weighted by Crippen LogP contribution is -2.29. The summed E-state index contributed by atoms with van der Waals surface area (Å²) in [7, 11) is 0. The number of hydrogen-bond acceptors (Lipinski definition) is 5. The highest BCUT2D eigenvalue weighted by Gasteiger charge is 2.08. The zero-order valence-electron chi connectivity index (χ0n) is 12.2. The molecule has 0 bridgehead atoms. The van der Waals surface area contributed by atoms with E-state index in [0.717, 1.165) is 22.5 Å². The summed E-state index contributed by atoms with van der Waals surface area (Å²) >= 11 is 0. The van der Waals surface area contributed by atoms with Gasteiger partial charge in [-0.3, -0.25) is 4.98 Å². The van der Waals surface area contributed by atoms with Crippen molar-refractivity contribution in [3.63, 3.8) is 0 Å². The summed E-state index contributed by atoms with van der Waals surface area (Å²) in [5.41, 5.74) is 10.5. The molecule has 1 aromatic carbocycles. The van der Waals surface area contributed by atoms with Gasteiger partial charge in [-0.2, -0.15) is 0 Å². The van der Waals surface area contributed by atoms with Gasteiger partial charge in [-0.05, 0) is 48.9 Å². The number of nitrogens with two attached hydrogens (primary N) is 1. The average molecular weight is 291 g/mol. The Labute approximate surface area is 129 Å². The number of nitrogens with zero attached hydrogens (tertiary/aromatic N) is 2. The van der Waals surface area contributed by atoms with Crippen molar-refractivity contribution in [3.8, 4) is 0 Å².